The van der Waals surface area contributed by atoms with Crippen molar-refractivity contribution >= 4 is 27.2 Å². The Morgan fingerprint density at radius 3 is 2.33 bits per heavy atom. The van der Waals surface area contributed by atoms with Crippen molar-refractivity contribution in [2.75, 3.05) is 19.0 Å². The van der Waals surface area contributed by atoms with Crippen molar-refractivity contribution in [3.05, 3.63) is 83.9 Å². The zero-order valence-corrected chi connectivity index (χ0v) is 17.4. The maximum atomic E-state index is 2.46. The van der Waals surface area contributed by atoms with Crippen molar-refractivity contribution < 1.29 is 17.0 Å². The second kappa shape index (κ2) is 8.12. The average Bonchev–Trinajstić information content (AvgIpc) is 3.00. The van der Waals surface area contributed by atoms with Gasteiger partial charge in [0.25, 0.3) is 5.01 Å². The first-order valence-corrected chi connectivity index (χ1v) is 9.69. The summed E-state index contributed by atoms with van der Waals surface area (Å²) in [6, 6.07) is 26.1. The van der Waals surface area contributed by atoms with Gasteiger partial charge in [0.2, 0.25) is 5.52 Å². The molecule has 0 fully saturated rings. The van der Waals surface area contributed by atoms with Gasteiger partial charge in [0, 0.05) is 25.7 Å². The summed E-state index contributed by atoms with van der Waals surface area (Å²) in [4.78, 5) is 2.19. The highest BCUT2D eigenvalue weighted by molar-refractivity contribution is 7.21. The van der Waals surface area contributed by atoms with Crippen molar-refractivity contribution in [3.8, 4) is 10.6 Å². The third-order valence-electron chi connectivity index (χ3n) is 4.66. The van der Waals surface area contributed by atoms with Gasteiger partial charge in [0.05, 0.1) is 11.3 Å². The van der Waals surface area contributed by atoms with Gasteiger partial charge >= 0.3 is 0 Å². The predicted octanol–water partition coefficient (Wildman–Crippen LogP) is 2.28. The van der Waals surface area contributed by atoms with Crippen LogP contribution in [0, 0.1) is 6.92 Å². The number of nitrogens with zero attached hydrogens (tertiary/aromatic N) is 2. The van der Waals surface area contributed by atoms with Gasteiger partial charge in [-0.25, -0.2) is 0 Å². The molecule has 0 aliphatic heterocycles. The maximum absolute atomic E-state index is 2.46. The van der Waals surface area contributed by atoms with E-state index in [0.29, 0.717) is 0 Å². The molecule has 1 heterocycles. The number of rotatable bonds is 4. The maximum Gasteiger partial charge on any atom is 0.272 e. The smallest absolute Gasteiger partial charge is 0.272 e. The normalized spacial score (nSPS) is 10.6. The fourth-order valence-corrected chi connectivity index (χ4v) is 4.65. The van der Waals surface area contributed by atoms with E-state index in [1.54, 1.807) is 0 Å². The van der Waals surface area contributed by atoms with Crippen LogP contribution in [0.4, 0.5) is 5.69 Å². The molecule has 0 N–H and O–H groups in total. The highest BCUT2D eigenvalue weighted by Gasteiger charge is 2.24. The molecule has 0 spiro atoms. The summed E-state index contributed by atoms with van der Waals surface area (Å²) in [5, 5.41) is 1.30. The van der Waals surface area contributed by atoms with E-state index in [4.69, 9.17) is 0 Å². The Hall–Kier alpha value is -2.36. The van der Waals surface area contributed by atoms with E-state index in [0.717, 1.165) is 6.54 Å². The molecule has 1 aromatic heterocycles. The fourth-order valence-electron chi connectivity index (χ4n) is 3.36. The van der Waals surface area contributed by atoms with E-state index in [2.05, 4.69) is 103 Å². The van der Waals surface area contributed by atoms with Crippen LogP contribution in [0.15, 0.2) is 72.8 Å². The Morgan fingerprint density at radius 2 is 1.59 bits per heavy atom. The van der Waals surface area contributed by atoms with Crippen LogP contribution in [0.3, 0.4) is 0 Å². The van der Waals surface area contributed by atoms with Crippen LogP contribution in [-0.4, -0.2) is 14.1 Å². The van der Waals surface area contributed by atoms with E-state index < -0.39 is 0 Å². The molecule has 0 bridgehead atoms. The van der Waals surface area contributed by atoms with Gasteiger partial charge in [-0.05, 0) is 30.7 Å². The number of para-hydroxylation sites is 1. The lowest BCUT2D eigenvalue weighted by atomic mass is 10.1. The zero-order valence-electron chi connectivity index (χ0n) is 15.8. The Labute approximate surface area is 171 Å². The van der Waals surface area contributed by atoms with Crippen LogP contribution < -0.4 is 21.9 Å². The average molecular weight is 395 g/mol. The first kappa shape index (κ1) is 19.4. The zero-order chi connectivity index (χ0) is 18.1. The van der Waals surface area contributed by atoms with Crippen molar-refractivity contribution in [2.24, 2.45) is 0 Å². The second-order valence-corrected chi connectivity index (χ2v) is 7.89. The molecule has 0 saturated heterocycles. The van der Waals surface area contributed by atoms with Crippen molar-refractivity contribution in [3.63, 3.8) is 0 Å². The summed E-state index contributed by atoms with van der Waals surface area (Å²) in [6.45, 7) is 3.04. The number of anilines is 1. The summed E-state index contributed by atoms with van der Waals surface area (Å²) in [6.07, 6.45) is 0. The van der Waals surface area contributed by atoms with Gasteiger partial charge in [0.15, 0.2) is 6.54 Å². The summed E-state index contributed by atoms with van der Waals surface area (Å²) in [7, 11) is 4.22. The van der Waals surface area contributed by atoms with Crippen molar-refractivity contribution in [2.45, 2.75) is 13.5 Å². The molecule has 0 radical (unpaired) electrons. The van der Waals surface area contributed by atoms with Gasteiger partial charge < -0.3 is 17.3 Å². The molecular formula is C23H23ClN2S. The van der Waals surface area contributed by atoms with Crippen LogP contribution in [-0.2, 0) is 6.54 Å². The van der Waals surface area contributed by atoms with E-state index in [9.17, 15) is 0 Å². The minimum absolute atomic E-state index is 0. The summed E-state index contributed by atoms with van der Waals surface area (Å²) in [5.74, 6) is 0. The molecule has 0 amide bonds. The van der Waals surface area contributed by atoms with E-state index >= 15 is 0 Å². The van der Waals surface area contributed by atoms with Gasteiger partial charge in [-0.1, -0.05) is 59.9 Å². The molecular weight excluding hydrogens is 372 g/mol. The standard InChI is InChI=1S/C23H23N2S.ClH/c1-17-13-14-21-22(15-17)26-23(19-11-7-8-12-20(19)24(2)3)25(21)16-18-9-5-4-6-10-18;/h4-15H,16H2,1-3H3;1H/q+1;/p-1. The minimum atomic E-state index is 0. The Kier molecular flexibility index (Phi) is 5.83. The van der Waals surface area contributed by atoms with Crippen molar-refractivity contribution in [1.29, 1.82) is 0 Å². The molecule has 3 aromatic carbocycles. The number of fused-ring (bicyclic) bond motifs is 1. The lowest BCUT2D eigenvalue weighted by molar-refractivity contribution is -0.647. The number of aromatic nitrogens is 1. The third kappa shape index (κ3) is 3.85. The first-order chi connectivity index (χ1) is 12.6. The van der Waals surface area contributed by atoms with Gasteiger partial charge in [-0.15, -0.1) is 0 Å². The molecule has 4 heteroatoms. The Bertz CT molecular complexity index is 1050. The molecule has 0 unspecified atom stereocenters. The molecule has 4 aromatic rings. The Morgan fingerprint density at radius 1 is 0.889 bits per heavy atom. The van der Waals surface area contributed by atoms with Crippen LogP contribution in [0.1, 0.15) is 11.1 Å². The van der Waals surface area contributed by atoms with Crippen LogP contribution in [0.25, 0.3) is 20.8 Å². The van der Waals surface area contributed by atoms with Crippen LogP contribution >= 0.6 is 11.3 Å². The third-order valence-corrected chi connectivity index (χ3v) is 5.84. The van der Waals surface area contributed by atoms with Crippen LogP contribution in [0.2, 0.25) is 0 Å². The lowest BCUT2D eigenvalue weighted by Crippen LogP contribution is -3.00. The highest BCUT2D eigenvalue weighted by atomic mass is 35.5. The SMILES string of the molecule is Cc1ccc2c(c1)sc(-c1ccccc1N(C)C)[n+]2Cc1ccccc1.[Cl-]. The monoisotopic (exact) mass is 394 g/mol. The largest absolute Gasteiger partial charge is 1.00 e. The molecule has 0 saturated carbocycles. The lowest BCUT2D eigenvalue weighted by Gasteiger charge is -2.15. The first-order valence-electron chi connectivity index (χ1n) is 8.87. The predicted molar refractivity (Wildman–Crippen MR) is 112 cm³/mol. The fraction of sp³-hybridized carbons (Fsp3) is 0.174. The number of benzene rings is 3. The van der Waals surface area contributed by atoms with Gasteiger partial charge in [-0.2, -0.15) is 4.57 Å². The quantitative estimate of drug-likeness (QED) is 0.482. The molecule has 138 valence electrons. The van der Waals surface area contributed by atoms with E-state index in [1.165, 1.54) is 37.6 Å². The van der Waals surface area contributed by atoms with Crippen LogP contribution in [0.5, 0.6) is 0 Å². The molecule has 27 heavy (non-hydrogen) atoms. The summed E-state index contributed by atoms with van der Waals surface area (Å²) >= 11 is 1.88. The number of thiazole rings is 1. The van der Waals surface area contributed by atoms with E-state index in [-0.39, 0.29) is 12.4 Å². The molecule has 4 rings (SSSR count). The number of halogens is 1. The summed E-state index contributed by atoms with van der Waals surface area (Å²) in [5.41, 5.74) is 6.46. The van der Waals surface area contributed by atoms with Crippen molar-refractivity contribution in [1.82, 2.24) is 0 Å². The number of hydrogen-bond acceptors (Lipinski definition) is 2. The van der Waals surface area contributed by atoms with Gasteiger partial charge in [0.1, 0.15) is 4.70 Å². The topological polar surface area (TPSA) is 7.12 Å². The molecule has 0 atom stereocenters. The Balaban J connectivity index is 0.00000210. The molecule has 0 aliphatic carbocycles. The number of aryl methyl sites for hydroxylation is 1. The minimum Gasteiger partial charge on any atom is -1.00 e. The highest BCUT2D eigenvalue weighted by Crippen LogP contribution is 2.35. The molecule has 0 aliphatic rings. The summed E-state index contributed by atoms with van der Waals surface area (Å²) < 4.78 is 3.79. The second-order valence-electron chi connectivity index (χ2n) is 6.86. The molecule has 2 nitrogen and oxygen atoms in total. The van der Waals surface area contributed by atoms with E-state index in [1.807, 2.05) is 11.3 Å². The van der Waals surface area contributed by atoms with Gasteiger partial charge in [-0.3, -0.25) is 0 Å². The number of hydrogen-bond donors (Lipinski definition) is 0.